The number of hydrogen-bond donors (Lipinski definition) is 1. The van der Waals surface area contributed by atoms with Crippen molar-refractivity contribution < 1.29 is 0 Å². The molecule has 39 heavy (non-hydrogen) atoms. The van der Waals surface area contributed by atoms with E-state index >= 15 is 0 Å². The Hall–Kier alpha value is -2.50. The number of nitrogens with zero attached hydrogens (tertiary/aromatic N) is 4. The monoisotopic (exact) mass is 553 g/mol. The van der Waals surface area contributed by atoms with E-state index in [1.807, 2.05) is 19.1 Å². The summed E-state index contributed by atoms with van der Waals surface area (Å²) in [7, 11) is 6.47. The molecule has 0 spiro atoms. The molecule has 1 aliphatic rings. The number of nitrogens with one attached hydrogen (secondary N) is 1. The molecule has 216 valence electrons. The van der Waals surface area contributed by atoms with Crippen LogP contribution in [0.5, 0.6) is 0 Å². The molecule has 0 saturated carbocycles. The quantitative estimate of drug-likeness (QED) is 0.214. The number of halogens is 1. The van der Waals surface area contributed by atoms with Gasteiger partial charge in [0.2, 0.25) is 0 Å². The Morgan fingerprint density at radius 1 is 1.13 bits per heavy atom. The van der Waals surface area contributed by atoms with Crippen LogP contribution in [-0.4, -0.2) is 67.9 Å². The lowest BCUT2D eigenvalue weighted by Crippen LogP contribution is -2.39. The summed E-state index contributed by atoms with van der Waals surface area (Å²) < 4.78 is 0. The summed E-state index contributed by atoms with van der Waals surface area (Å²) in [6.07, 6.45) is 11.4. The molecule has 1 aromatic carbocycles. The number of hydrogen-bond acceptors (Lipinski definition) is 5. The molecule has 0 amide bonds. The molecule has 0 aliphatic carbocycles. The van der Waals surface area contributed by atoms with Crippen LogP contribution in [0.2, 0.25) is 5.02 Å². The summed E-state index contributed by atoms with van der Waals surface area (Å²) in [5, 5.41) is 4.18. The second kappa shape index (κ2) is 16.6. The highest BCUT2D eigenvalue weighted by molar-refractivity contribution is 6.30. The van der Waals surface area contributed by atoms with Crippen molar-refractivity contribution in [1.82, 2.24) is 20.0 Å². The summed E-state index contributed by atoms with van der Waals surface area (Å²) in [5.74, 6) is 3.43. The zero-order valence-electron chi connectivity index (χ0n) is 25.6. The average molecular weight is 554 g/mol. The molecule has 1 N–H and O–H groups in total. The standard InChI is InChI=1S/C33H52ClN5/c1-10-12-13-15-26(5)27(6)22-32-36-31(35-11-2)24-33(39(32)9)38(8)21-20-37(7)19-14-16-28-17-18-29(34)23-30(28)25(3)4/h17-18,22-24,26H,3,6,10-16,19-21H2,1-2,4-5,7-9H3,(H,35,36)/b32-22-. The summed E-state index contributed by atoms with van der Waals surface area (Å²) >= 11 is 6.21. The van der Waals surface area contributed by atoms with Gasteiger partial charge in [0, 0.05) is 44.8 Å². The maximum Gasteiger partial charge on any atom is 0.136 e. The van der Waals surface area contributed by atoms with Crippen LogP contribution in [0.4, 0.5) is 0 Å². The zero-order valence-corrected chi connectivity index (χ0v) is 26.4. The topological polar surface area (TPSA) is 34.1 Å². The van der Waals surface area contributed by atoms with E-state index in [-0.39, 0.29) is 0 Å². The van der Waals surface area contributed by atoms with Crippen LogP contribution in [0.3, 0.4) is 0 Å². The van der Waals surface area contributed by atoms with Crippen molar-refractivity contribution in [3.8, 4) is 0 Å². The largest absolute Gasteiger partial charge is 0.370 e. The number of aryl methyl sites for hydroxylation is 1. The lowest BCUT2D eigenvalue weighted by molar-refractivity contribution is 0.247. The van der Waals surface area contributed by atoms with Gasteiger partial charge in [-0.1, -0.05) is 69.5 Å². The number of unbranched alkanes of at least 4 members (excludes halogenated alkanes) is 2. The van der Waals surface area contributed by atoms with Gasteiger partial charge in [-0.05, 0) is 87.5 Å². The number of allylic oxidation sites excluding steroid dienone is 3. The van der Waals surface area contributed by atoms with Gasteiger partial charge in [0.25, 0.3) is 0 Å². The van der Waals surface area contributed by atoms with E-state index in [4.69, 9.17) is 16.6 Å². The Kier molecular flexibility index (Phi) is 13.9. The molecule has 5 nitrogen and oxygen atoms in total. The first kappa shape index (κ1) is 32.7. The van der Waals surface area contributed by atoms with Crippen LogP contribution in [-0.2, 0) is 6.42 Å². The van der Waals surface area contributed by atoms with E-state index in [0.29, 0.717) is 5.92 Å². The van der Waals surface area contributed by atoms with E-state index < -0.39 is 0 Å². The fourth-order valence-corrected chi connectivity index (χ4v) is 4.95. The van der Waals surface area contributed by atoms with Gasteiger partial charge in [0.15, 0.2) is 0 Å². The molecule has 1 unspecified atom stereocenters. The first-order valence-electron chi connectivity index (χ1n) is 14.6. The van der Waals surface area contributed by atoms with Gasteiger partial charge in [0.05, 0.1) is 0 Å². The highest BCUT2D eigenvalue weighted by Gasteiger charge is 2.21. The molecule has 0 fully saturated rings. The molecule has 1 aromatic rings. The smallest absolute Gasteiger partial charge is 0.136 e. The maximum atomic E-state index is 6.21. The number of aliphatic imine (C=N–C) groups is 1. The van der Waals surface area contributed by atoms with Gasteiger partial charge in [-0.2, -0.15) is 0 Å². The molecule has 1 atom stereocenters. The summed E-state index contributed by atoms with van der Waals surface area (Å²) in [5.41, 5.74) is 4.71. The minimum atomic E-state index is 0.454. The molecular weight excluding hydrogens is 502 g/mol. The minimum absolute atomic E-state index is 0.454. The third-order valence-electron chi connectivity index (χ3n) is 7.46. The Morgan fingerprint density at radius 2 is 1.87 bits per heavy atom. The second-order valence-electron chi connectivity index (χ2n) is 11.0. The number of rotatable bonds is 16. The first-order valence-corrected chi connectivity index (χ1v) is 15.0. The maximum absolute atomic E-state index is 6.21. The second-order valence-corrected chi connectivity index (χ2v) is 11.4. The highest BCUT2D eigenvalue weighted by Crippen LogP contribution is 2.25. The van der Waals surface area contributed by atoms with E-state index in [9.17, 15) is 0 Å². The van der Waals surface area contributed by atoms with Gasteiger partial charge in [-0.3, -0.25) is 0 Å². The van der Waals surface area contributed by atoms with Crippen molar-refractivity contribution in [1.29, 1.82) is 0 Å². The van der Waals surface area contributed by atoms with Gasteiger partial charge in [-0.25, -0.2) is 4.99 Å². The molecule has 0 radical (unpaired) electrons. The van der Waals surface area contributed by atoms with Crippen LogP contribution in [0, 0.1) is 5.92 Å². The van der Waals surface area contributed by atoms with Crippen LogP contribution in [0.15, 0.2) is 65.7 Å². The molecule has 2 rings (SSSR count). The van der Waals surface area contributed by atoms with Gasteiger partial charge >= 0.3 is 0 Å². The van der Waals surface area contributed by atoms with Gasteiger partial charge < -0.3 is 20.0 Å². The number of amidine groups is 1. The zero-order chi connectivity index (χ0) is 28.9. The third kappa shape index (κ3) is 10.5. The highest BCUT2D eigenvalue weighted by atomic mass is 35.5. The molecule has 0 aromatic heterocycles. The van der Waals surface area contributed by atoms with E-state index in [0.717, 1.165) is 72.7 Å². The Morgan fingerprint density at radius 3 is 2.54 bits per heavy atom. The van der Waals surface area contributed by atoms with Crippen LogP contribution in [0.1, 0.15) is 70.9 Å². The van der Waals surface area contributed by atoms with Crippen LogP contribution >= 0.6 is 11.6 Å². The van der Waals surface area contributed by atoms with Crippen molar-refractivity contribution in [2.45, 2.75) is 66.2 Å². The Balaban J connectivity index is 1.97. The lowest BCUT2D eigenvalue weighted by Gasteiger charge is -2.35. The van der Waals surface area contributed by atoms with E-state index in [1.165, 1.54) is 36.8 Å². The molecule has 0 saturated heterocycles. The van der Waals surface area contributed by atoms with Crippen molar-refractivity contribution >= 4 is 23.0 Å². The third-order valence-corrected chi connectivity index (χ3v) is 7.70. The van der Waals surface area contributed by atoms with Gasteiger partial charge in [-0.15, -0.1) is 0 Å². The van der Waals surface area contributed by atoms with Crippen LogP contribution in [0.25, 0.3) is 5.57 Å². The Bertz CT molecular complexity index is 1050. The summed E-state index contributed by atoms with van der Waals surface area (Å²) in [6.45, 7) is 21.0. The SMILES string of the molecule is C=C(C)c1cc(Cl)ccc1CCCN(C)CCN(C)C1=CC(NCC)=N/C(=C/C(=C)C(C)CCCCC)N1C. The first-order chi connectivity index (χ1) is 18.6. The molecular formula is C33H52ClN5. The number of likely N-dealkylation sites (N-methyl/N-ethyl adjacent to an activating group) is 3. The van der Waals surface area contributed by atoms with Gasteiger partial charge in [0.1, 0.15) is 17.5 Å². The van der Waals surface area contributed by atoms with Crippen molar-refractivity contribution in [2.24, 2.45) is 10.9 Å². The molecule has 1 aliphatic heterocycles. The summed E-state index contributed by atoms with van der Waals surface area (Å²) in [6, 6.07) is 6.15. The normalized spacial score (nSPS) is 15.3. The van der Waals surface area contributed by atoms with Crippen molar-refractivity contribution in [3.05, 3.63) is 76.9 Å². The average Bonchev–Trinajstić information content (AvgIpc) is 2.89. The lowest BCUT2D eigenvalue weighted by atomic mass is 9.95. The predicted octanol–water partition coefficient (Wildman–Crippen LogP) is 7.58. The fourth-order valence-electron chi connectivity index (χ4n) is 4.78. The molecule has 1 heterocycles. The Labute approximate surface area is 244 Å². The number of benzene rings is 1. The van der Waals surface area contributed by atoms with E-state index in [2.05, 4.69) is 93.3 Å². The van der Waals surface area contributed by atoms with Crippen LogP contribution < -0.4 is 5.32 Å². The molecule has 0 bridgehead atoms. The van der Waals surface area contributed by atoms with E-state index in [1.54, 1.807) is 0 Å². The minimum Gasteiger partial charge on any atom is -0.370 e. The molecule has 6 heteroatoms. The van der Waals surface area contributed by atoms with Crippen molar-refractivity contribution in [2.75, 3.05) is 47.3 Å². The predicted molar refractivity (Wildman–Crippen MR) is 172 cm³/mol. The fraction of sp³-hybridized carbons (Fsp3) is 0.545. The summed E-state index contributed by atoms with van der Waals surface area (Å²) in [4.78, 5) is 11.8. The van der Waals surface area contributed by atoms with Crippen molar-refractivity contribution in [3.63, 3.8) is 0 Å².